The topological polar surface area (TPSA) is 67.3 Å². The molecule has 0 fully saturated rings. The van der Waals surface area contributed by atoms with Gasteiger partial charge in [-0.2, -0.15) is 0 Å². The van der Waals surface area contributed by atoms with Crippen molar-refractivity contribution < 1.29 is 0 Å². The van der Waals surface area contributed by atoms with Gasteiger partial charge in [0, 0.05) is 0 Å². The Morgan fingerprint density at radius 1 is 0.926 bits per heavy atom. The summed E-state index contributed by atoms with van der Waals surface area (Å²) in [5.74, 6) is 0.756. The maximum absolute atomic E-state index is 6.16. The highest BCUT2D eigenvalue weighted by molar-refractivity contribution is 7.99. The number of aromatic nitrogens is 5. The molecule has 0 atom stereocenters. The Labute approximate surface area is 170 Å². The van der Waals surface area contributed by atoms with Crippen LogP contribution >= 0.6 is 35.0 Å². The van der Waals surface area contributed by atoms with Gasteiger partial charge in [0.2, 0.25) is 5.16 Å². The zero-order valence-electron chi connectivity index (χ0n) is 14.4. The van der Waals surface area contributed by atoms with Crippen molar-refractivity contribution in [1.82, 2.24) is 25.1 Å². The van der Waals surface area contributed by atoms with Gasteiger partial charge >= 0.3 is 0 Å². The smallest absolute Gasteiger partial charge is 0.214 e. The molecular weight excluding hydrogens is 401 g/mol. The van der Waals surface area contributed by atoms with E-state index in [4.69, 9.17) is 33.2 Å². The van der Waals surface area contributed by atoms with Gasteiger partial charge in [-0.05, 0) is 49.2 Å². The van der Waals surface area contributed by atoms with Gasteiger partial charge in [-0.15, -0.1) is 5.10 Å². The van der Waals surface area contributed by atoms with Gasteiger partial charge < -0.3 is 0 Å². The molecule has 2 aromatic heterocycles. The molecule has 4 rings (SSSR count). The SMILES string of the molecule is Cc1nc(Sc2nc3cc(Cl)c(Cl)cc3nc2CCc2ccccc2)n[nH]1. The summed E-state index contributed by atoms with van der Waals surface area (Å²) in [6.07, 6.45) is 1.61. The maximum atomic E-state index is 6.16. The average molecular weight is 416 g/mol. The molecule has 0 unspecified atom stereocenters. The fourth-order valence-electron chi connectivity index (χ4n) is 2.68. The minimum absolute atomic E-state index is 0.459. The summed E-state index contributed by atoms with van der Waals surface area (Å²) in [4.78, 5) is 13.9. The number of aromatic amines is 1. The number of nitrogens with one attached hydrogen (secondary N) is 1. The second-order valence-electron chi connectivity index (χ2n) is 6.02. The Bertz CT molecular complexity index is 1100. The quantitative estimate of drug-likeness (QED) is 0.478. The molecule has 0 bridgehead atoms. The third-order valence-electron chi connectivity index (χ3n) is 4.00. The van der Waals surface area contributed by atoms with E-state index in [0.29, 0.717) is 20.7 Å². The minimum Gasteiger partial charge on any atom is -0.262 e. The number of H-pyrrole nitrogens is 1. The number of hydrogen-bond acceptors (Lipinski definition) is 5. The van der Waals surface area contributed by atoms with Crippen molar-refractivity contribution in [3.05, 3.63) is 69.6 Å². The summed E-state index contributed by atoms with van der Waals surface area (Å²) >= 11 is 13.7. The van der Waals surface area contributed by atoms with E-state index in [2.05, 4.69) is 27.3 Å². The van der Waals surface area contributed by atoms with Crippen LogP contribution in [-0.4, -0.2) is 25.1 Å². The highest BCUT2D eigenvalue weighted by atomic mass is 35.5. The second-order valence-corrected chi connectivity index (χ2v) is 7.79. The lowest BCUT2D eigenvalue weighted by Gasteiger charge is -2.09. The molecular formula is C19H15Cl2N5S. The van der Waals surface area contributed by atoms with Crippen LogP contribution in [0.25, 0.3) is 11.0 Å². The van der Waals surface area contributed by atoms with Crippen molar-refractivity contribution >= 4 is 46.0 Å². The van der Waals surface area contributed by atoms with Crippen LogP contribution in [0, 0.1) is 6.92 Å². The maximum Gasteiger partial charge on any atom is 0.214 e. The summed E-state index contributed by atoms with van der Waals surface area (Å²) in [7, 11) is 0. The predicted molar refractivity (Wildman–Crippen MR) is 109 cm³/mol. The Morgan fingerprint density at radius 2 is 1.63 bits per heavy atom. The first-order chi connectivity index (χ1) is 13.1. The fraction of sp³-hybridized carbons (Fsp3) is 0.158. The number of nitrogens with zero attached hydrogens (tertiary/aromatic N) is 4. The molecule has 27 heavy (non-hydrogen) atoms. The van der Waals surface area contributed by atoms with E-state index in [9.17, 15) is 0 Å². The van der Waals surface area contributed by atoms with Gasteiger partial charge in [-0.25, -0.2) is 15.0 Å². The van der Waals surface area contributed by atoms with Gasteiger partial charge in [0.1, 0.15) is 10.9 Å². The molecule has 2 heterocycles. The summed E-state index contributed by atoms with van der Waals surface area (Å²) in [6.45, 7) is 1.86. The molecule has 8 heteroatoms. The lowest BCUT2D eigenvalue weighted by molar-refractivity contribution is 0.861. The zero-order valence-corrected chi connectivity index (χ0v) is 16.7. The first kappa shape index (κ1) is 18.2. The Balaban J connectivity index is 1.72. The van der Waals surface area contributed by atoms with Gasteiger partial charge in [-0.3, -0.25) is 5.10 Å². The molecule has 5 nitrogen and oxygen atoms in total. The second kappa shape index (κ2) is 7.84. The summed E-state index contributed by atoms with van der Waals surface area (Å²) < 4.78 is 0. The van der Waals surface area contributed by atoms with E-state index < -0.39 is 0 Å². The zero-order chi connectivity index (χ0) is 18.8. The average Bonchev–Trinajstić information content (AvgIpc) is 3.07. The van der Waals surface area contributed by atoms with Crippen molar-refractivity contribution in [1.29, 1.82) is 0 Å². The molecule has 1 N–H and O–H groups in total. The van der Waals surface area contributed by atoms with Crippen LogP contribution in [0.5, 0.6) is 0 Å². The largest absolute Gasteiger partial charge is 0.262 e. The van der Waals surface area contributed by atoms with E-state index >= 15 is 0 Å². The molecule has 0 radical (unpaired) electrons. The van der Waals surface area contributed by atoms with Crippen LogP contribution in [0.1, 0.15) is 17.1 Å². The van der Waals surface area contributed by atoms with Crippen molar-refractivity contribution in [2.75, 3.05) is 0 Å². The predicted octanol–water partition coefficient (Wildman–Crippen LogP) is 5.30. The van der Waals surface area contributed by atoms with Crippen molar-refractivity contribution in [2.24, 2.45) is 0 Å². The third-order valence-corrected chi connectivity index (χ3v) is 5.61. The minimum atomic E-state index is 0.459. The van der Waals surface area contributed by atoms with E-state index in [1.165, 1.54) is 17.3 Å². The molecule has 0 aliphatic heterocycles. The Hall–Kier alpha value is -2.15. The van der Waals surface area contributed by atoms with Gasteiger partial charge in [0.05, 0.1) is 26.8 Å². The fourth-order valence-corrected chi connectivity index (χ4v) is 3.85. The standard InChI is InChI=1S/C19H15Cl2N5S/c1-11-22-19(26-25-11)27-18-15(8-7-12-5-3-2-4-6-12)23-16-9-13(20)14(21)10-17(16)24-18/h2-6,9-10H,7-8H2,1H3,(H,22,25,26). The van der Waals surface area contributed by atoms with Gasteiger partial charge in [0.15, 0.2) is 0 Å². The molecule has 0 saturated carbocycles. The first-order valence-corrected chi connectivity index (χ1v) is 9.92. The van der Waals surface area contributed by atoms with Crippen molar-refractivity contribution in [3.8, 4) is 0 Å². The van der Waals surface area contributed by atoms with Gasteiger partial charge in [0.25, 0.3) is 0 Å². The van der Waals surface area contributed by atoms with Crippen LogP contribution in [-0.2, 0) is 12.8 Å². The molecule has 136 valence electrons. The number of halogens is 2. The third kappa shape index (κ3) is 4.24. The number of fused-ring (bicyclic) bond motifs is 1. The Morgan fingerprint density at radius 3 is 2.30 bits per heavy atom. The van der Waals surface area contributed by atoms with E-state index in [1.807, 2.05) is 25.1 Å². The van der Waals surface area contributed by atoms with Gasteiger partial charge in [-0.1, -0.05) is 53.5 Å². The molecule has 0 aliphatic rings. The highest BCUT2D eigenvalue weighted by Crippen LogP contribution is 2.31. The Kier molecular flexibility index (Phi) is 5.29. The summed E-state index contributed by atoms with van der Waals surface area (Å²) in [5.41, 5.74) is 3.56. The molecule has 0 saturated heterocycles. The van der Waals surface area contributed by atoms with E-state index in [0.717, 1.165) is 34.9 Å². The molecule has 0 aliphatic carbocycles. The highest BCUT2D eigenvalue weighted by Gasteiger charge is 2.14. The lowest BCUT2D eigenvalue weighted by atomic mass is 10.1. The van der Waals surface area contributed by atoms with Crippen LogP contribution in [0.2, 0.25) is 10.0 Å². The monoisotopic (exact) mass is 415 g/mol. The van der Waals surface area contributed by atoms with Crippen molar-refractivity contribution in [3.63, 3.8) is 0 Å². The molecule has 2 aromatic carbocycles. The van der Waals surface area contributed by atoms with Crippen molar-refractivity contribution in [2.45, 2.75) is 29.9 Å². The summed E-state index contributed by atoms with van der Waals surface area (Å²) in [6, 6.07) is 13.8. The molecule has 0 spiro atoms. The molecule has 4 aromatic rings. The first-order valence-electron chi connectivity index (χ1n) is 8.35. The van der Waals surface area contributed by atoms with Crippen LogP contribution in [0.15, 0.2) is 52.6 Å². The normalized spacial score (nSPS) is 11.2. The van der Waals surface area contributed by atoms with E-state index in [-0.39, 0.29) is 0 Å². The lowest BCUT2D eigenvalue weighted by Crippen LogP contribution is -2.01. The number of benzene rings is 2. The van der Waals surface area contributed by atoms with Crippen LogP contribution in [0.4, 0.5) is 0 Å². The van der Waals surface area contributed by atoms with E-state index in [1.54, 1.807) is 12.1 Å². The van der Waals surface area contributed by atoms with Crippen LogP contribution < -0.4 is 0 Å². The summed E-state index contributed by atoms with van der Waals surface area (Å²) in [5, 5.41) is 9.36. The molecule has 0 amide bonds. The number of rotatable bonds is 5. The number of hydrogen-bond donors (Lipinski definition) is 1. The number of aryl methyl sites for hydroxylation is 3. The van der Waals surface area contributed by atoms with Crippen LogP contribution in [0.3, 0.4) is 0 Å².